The molecule has 3 atom stereocenters. The predicted molar refractivity (Wildman–Crippen MR) is 102 cm³/mol. The van der Waals surface area contributed by atoms with Crippen molar-refractivity contribution in [3.63, 3.8) is 0 Å². The van der Waals surface area contributed by atoms with Crippen molar-refractivity contribution in [2.24, 2.45) is 11.8 Å². The second-order valence-electron chi connectivity index (χ2n) is 8.67. The van der Waals surface area contributed by atoms with Crippen molar-refractivity contribution in [2.75, 3.05) is 18.5 Å². The van der Waals surface area contributed by atoms with E-state index in [1.54, 1.807) is 16.8 Å². The third-order valence-electron chi connectivity index (χ3n) is 5.49. The molecule has 0 aromatic heterocycles. The fourth-order valence-electron chi connectivity index (χ4n) is 4.29. The molecule has 26 heavy (non-hydrogen) atoms. The fraction of sp³-hybridized carbons (Fsp3) is 0.619. The minimum absolute atomic E-state index is 0.0177. The zero-order chi connectivity index (χ0) is 19.1. The number of anilines is 1. The standard InChI is InChI=1S/C21H30N2O3/c1-14-8-6-10-16(12-14)22(5)19(24)18-17-11-7-9-15(17)13-23(18)20(25)26-21(2,3)4/h6,8,10,12,15,17-18H,7,9,11,13H2,1-5H3. The first-order valence-corrected chi connectivity index (χ1v) is 9.51. The summed E-state index contributed by atoms with van der Waals surface area (Å²) in [6.07, 6.45) is 2.85. The Kier molecular flexibility index (Phi) is 5.00. The Bertz CT molecular complexity index is 695. The van der Waals surface area contributed by atoms with Crippen molar-refractivity contribution in [1.82, 2.24) is 4.90 Å². The minimum atomic E-state index is -0.565. The molecule has 0 spiro atoms. The molecule has 1 saturated heterocycles. The quantitative estimate of drug-likeness (QED) is 0.803. The maximum Gasteiger partial charge on any atom is 0.410 e. The van der Waals surface area contributed by atoms with Gasteiger partial charge in [0, 0.05) is 19.3 Å². The lowest BCUT2D eigenvalue weighted by molar-refractivity contribution is -0.123. The highest BCUT2D eigenvalue weighted by molar-refractivity contribution is 5.99. The number of hydrogen-bond acceptors (Lipinski definition) is 3. The average molecular weight is 358 g/mol. The van der Waals surface area contributed by atoms with Gasteiger partial charge >= 0.3 is 6.09 Å². The molecule has 5 nitrogen and oxygen atoms in total. The summed E-state index contributed by atoms with van der Waals surface area (Å²) in [6.45, 7) is 8.21. The molecule has 2 amide bonds. The van der Waals surface area contributed by atoms with Gasteiger partial charge in [-0.25, -0.2) is 4.79 Å². The number of aryl methyl sites for hydroxylation is 1. The summed E-state index contributed by atoms with van der Waals surface area (Å²) in [5.41, 5.74) is 1.40. The van der Waals surface area contributed by atoms with Crippen molar-refractivity contribution in [1.29, 1.82) is 0 Å². The molecule has 0 N–H and O–H groups in total. The SMILES string of the molecule is Cc1cccc(N(C)C(=O)C2C3CCCC3CN2C(=O)OC(C)(C)C)c1. The predicted octanol–water partition coefficient (Wildman–Crippen LogP) is 3.99. The van der Waals surface area contributed by atoms with E-state index in [-0.39, 0.29) is 17.9 Å². The van der Waals surface area contributed by atoms with Gasteiger partial charge in [0.2, 0.25) is 5.91 Å². The topological polar surface area (TPSA) is 49.9 Å². The Labute approximate surface area is 156 Å². The van der Waals surface area contributed by atoms with Crippen molar-refractivity contribution in [2.45, 2.75) is 58.6 Å². The van der Waals surface area contributed by atoms with E-state index in [0.29, 0.717) is 12.5 Å². The molecule has 3 unspecified atom stereocenters. The number of amides is 2. The summed E-state index contributed by atoms with van der Waals surface area (Å²) in [5.74, 6) is 0.625. The molecule has 0 bridgehead atoms. The summed E-state index contributed by atoms with van der Waals surface area (Å²) >= 11 is 0. The molecule has 1 heterocycles. The van der Waals surface area contributed by atoms with E-state index < -0.39 is 11.6 Å². The first kappa shape index (κ1) is 18.7. The van der Waals surface area contributed by atoms with Gasteiger partial charge in [0.05, 0.1) is 0 Å². The van der Waals surface area contributed by atoms with Crippen molar-refractivity contribution in [3.05, 3.63) is 29.8 Å². The zero-order valence-corrected chi connectivity index (χ0v) is 16.5. The van der Waals surface area contributed by atoms with Gasteiger partial charge in [0.1, 0.15) is 11.6 Å². The highest BCUT2D eigenvalue weighted by Crippen LogP contribution is 2.43. The highest BCUT2D eigenvalue weighted by Gasteiger charge is 2.51. The van der Waals surface area contributed by atoms with Gasteiger partial charge in [-0.05, 0) is 70.1 Å². The van der Waals surface area contributed by atoms with Gasteiger partial charge < -0.3 is 9.64 Å². The number of likely N-dealkylation sites (tertiary alicyclic amines) is 1. The lowest BCUT2D eigenvalue weighted by atomic mass is 9.93. The number of carbonyl (C=O) groups excluding carboxylic acids is 2. The average Bonchev–Trinajstić information content (AvgIpc) is 3.12. The fourth-order valence-corrected chi connectivity index (χ4v) is 4.29. The van der Waals surface area contributed by atoms with Crippen LogP contribution in [-0.4, -0.2) is 42.1 Å². The van der Waals surface area contributed by atoms with E-state index in [0.717, 1.165) is 30.5 Å². The van der Waals surface area contributed by atoms with E-state index in [4.69, 9.17) is 4.74 Å². The lowest BCUT2D eigenvalue weighted by Gasteiger charge is -2.32. The largest absolute Gasteiger partial charge is 0.444 e. The van der Waals surface area contributed by atoms with Gasteiger partial charge in [-0.2, -0.15) is 0 Å². The molecular weight excluding hydrogens is 328 g/mol. The van der Waals surface area contributed by atoms with Crippen molar-refractivity contribution < 1.29 is 14.3 Å². The van der Waals surface area contributed by atoms with Crippen LogP contribution in [0.15, 0.2) is 24.3 Å². The Morgan fingerprint density at radius 2 is 1.96 bits per heavy atom. The number of benzene rings is 1. The first-order valence-electron chi connectivity index (χ1n) is 9.51. The van der Waals surface area contributed by atoms with E-state index in [1.165, 1.54) is 0 Å². The van der Waals surface area contributed by atoms with Crippen LogP contribution in [0.25, 0.3) is 0 Å². The number of likely N-dealkylation sites (N-methyl/N-ethyl adjacent to an activating group) is 1. The molecular formula is C21H30N2O3. The Morgan fingerprint density at radius 3 is 2.62 bits per heavy atom. The van der Waals surface area contributed by atoms with Gasteiger partial charge in [-0.1, -0.05) is 18.6 Å². The summed E-state index contributed by atoms with van der Waals surface area (Å²) in [6, 6.07) is 7.47. The van der Waals surface area contributed by atoms with Crippen molar-refractivity contribution >= 4 is 17.7 Å². The molecule has 5 heteroatoms. The Balaban J connectivity index is 1.85. The number of ether oxygens (including phenoxy) is 1. The molecule has 3 rings (SSSR count). The van der Waals surface area contributed by atoms with Crippen LogP contribution in [0.1, 0.15) is 45.6 Å². The summed E-state index contributed by atoms with van der Waals surface area (Å²) in [7, 11) is 1.80. The lowest BCUT2D eigenvalue weighted by Crippen LogP contribution is -2.50. The number of rotatable bonds is 2. The van der Waals surface area contributed by atoms with E-state index in [9.17, 15) is 9.59 Å². The molecule has 1 aliphatic heterocycles. The normalized spacial score (nSPS) is 25.1. The minimum Gasteiger partial charge on any atom is -0.444 e. The van der Waals surface area contributed by atoms with Crippen LogP contribution in [0.3, 0.4) is 0 Å². The molecule has 1 aromatic carbocycles. The molecule has 1 aliphatic carbocycles. The monoisotopic (exact) mass is 358 g/mol. The number of fused-ring (bicyclic) bond motifs is 1. The van der Waals surface area contributed by atoms with Crippen LogP contribution in [0.4, 0.5) is 10.5 Å². The highest BCUT2D eigenvalue weighted by atomic mass is 16.6. The van der Waals surface area contributed by atoms with Gasteiger partial charge in [0.25, 0.3) is 0 Å². The van der Waals surface area contributed by atoms with Crippen LogP contribution in [-0.2, 0) is 9.53 Å². The maximum absolute atomic E-state index is 13.4. The third kappa shape index (κ3) is 3.71. The van der Waals surface area contributed by atoms with Crippen LogP contribution in [0.5, 0.6) is 0 Å². The van der Waals surface area contributed by atoms with Crippen LogP contribution in [0, 0.1) is 18.8 Å². The number of carbonyl (C=O) groups is 2. The second-order valence-corrected chi connectivity index (χ2v) is 8.67. The smallest absolute Gasteiger partial charge is 0.410 e. The molecule has 1 aromatic rings. The van der Waals surface area contributed by atoms with Gasteiger partial charge in [-0.15, -0.1) is 0 Å². The van der Waals surface area contributed by atoms with Crippen LogP contribution >= 0.6 is 0 Å². The Morgan fingerprint density at radius 1 is 1.23 bits per heavy atom. The van der Waals surface area contributed by atoms with Crippen molar-refractivity contribution in [3.8, 4) is 0 Å². The van der Waals surface area contributed by atoms with Gasteiger partial charge in [-0.3, -0.25) is 9.69 Å². The molecule has 2 aliphatic rings. The van der Waals surface area contributed by atoms with E-state index >= 15 is 0 Å². The van der Waals surface area contributed by atoms with Gasteiger partial charge in [0.15, 0.2) is 0 Å². The maximum atomic E-state index is 13.4. The van der Waals surface area contributed by atoms with E-state index in [2.05, 4.69) is 0 Å². The number of hydrogen-bond donors (Lipinski definition) is 0. The second kappa shape index (κ2) is 6.93. The zero-order valence-electron chi connectivity index (χ0n) is 16.5. The summed E-state index contributed by atoms with van der Waals surface area (Å²) in [5, 5.41) is 0. The molecule has 1 saturated carbocycles. The third-order valence-corrected chi connectivity index (χ3v) is 5.49. The summed E-state index contributed by atoms with van der Waals surface area (Å²) < 4.78 is 5.59. The number of nitrogens with zero attached hydrogens (tertiary/aromatic N) is 2. The van der Waals surface area contributed by atoms with E-state index in [1.807, 2.05) is 52.0 Å². The first-order chi connectivity index (χ1) is 12.2. The molecule has 142 valence electrons. The summed E-state index contributed by atoms with van der Waals surface area (Å²) in [4.78, 5) is 29.5. The van der Waals surface area contributed by atoms with Crippen LogP contribution in [0.2, 0.25) is 0 Å². The molecule has 0 radical (unpaired) electrons. The Hall–Kier alpha value is -2.04. The molecule has 2 fully saturated rings. The van der Waals surface area contributed by atoms with Crippen LogP contribution < -0.4 is 4.90 Å².